The molecule has 0 atom stereocenters. The monoisotopic (exact) mass is 433 g/mol. The van der Waals surface area contributed by atoms with Gasteiger partial charge in [0.15, 0.2) is 0 Å². The quantitative estimate of drug-likeness (QED) is 0.250. The number of hydrogen-bond acceptors (Lipinski definition) is 9. The smallest absolute Gasteiger partial charge is 0.312 e. The van der Waals surface area contributed by atoms with Crippen LogP contribution in [0.5, 0.6) is 5.75 Å². The molecule has 3 heterocycles. The molecular weight excluding hydrogens is 418 g/mol. The Morgan fingerprint density at radius 1 is 0.815 bits per heavy atom. The van der Waals surface area contributed by atoms with E-state index in [0.717, 1.165) is 15.1 Å². The maximum Gasteiger partial charge on any atom is 0.312 e. The van der Waals surface area contributed by atoms with Crippen molar-refractivity contribution in [2.75, 3.05) is 5.75 Å². The van der Waals surface area contributed by atoms with Crippen molar-refractivity contribution in [3.63, 3.8) is 0 Å². The molecule has 0 aromatic carbocycles. The van der Waals surface area contributed by atoms with Gasteiger partial charge >= 0.3 is 5.97 Å². The maximum atomic E-state index is 11.9. The highest BCUT2D eigenvalue weighted by atomic mass is 33.1. The van der Waals surface area contributed by atoms with Gasteiger partial charge in [0.2, 0.25) is 0 Å². The lowest BCUT2D eigenvalue weighted by Gasteiger charge is -2.05. The highest BCUT2D eigenvalue weighted by Gasteiger charge is 2.07. The van der Waals surface area contributed by atoms with Gasteiger partial charge in [-0.15, -0.1) is 0 Å². The number of esters is 1. The molecule has 0 aliphatic carbocycles. The molecule has 138 valence electrons. The first-order valence-electron chi connectivity index (χ1n) is 7.92. The van der Waals surface area contributed by atoms with Gasteiger partial charge in [0.1, 0.15) is 20.8 Å². The molecule has 0 fully saturated rings. The fourth-order valence-electron chi connectivity index (χ4n) is 1.76. The van der Waals surface area contributed by atoms with E-state index in [9.17, 15) is 4.79 Å². The van der Waals surface area contributed by atoms with E-state index in [-0.39, 0.29) is 5.97 Å². The Hall–Kier alpha value is -1.68. The number of carbonyl (C=O) groups excluding carboxylic acids is 1. The van der Waals surface area contributed by atoms with Gasteiger partial charge in [0.25, 0.3) is 0 Å². The molecule has 0 unspecified atom stereocenters. The van der Waals surface area contributed by atoms with Crippen LogP contribution in [0.15, 0.2) is 82.2 Å². The maximum absolute atomic E-state index is 11.9. The normalized spacial score (nSPS) is 10.5. The first-order valence-corrected chi connectivity index (χ1v) is 12.4. The van der Waals surface area contributed by atoms with E-state index in [1.54, 1.807) is 46.2 Å². The summed E-state index contributed by atoms with van der Waals surface area (Å²) in [6.45, 7) is 0. The van der Waals surface area contributed by atoms with Crippen LogP contribution in [-0.4, -0.2) is 26.7 Å². The summed E-state index contributed by atoms with van der Waals surface area (Å²) >= 11 is 0. The molecule has 0 saturated heterocycles. The second-order valence-corrected chi connectivity index (χ2v) is 9.57. The van der Waals surface area contributed by atoms with Crippen molar-refractivity contribution in [3.8, 4) is 5.75 Å². The van der Waals surface area contributed by atoms with Gasteiger partial charge in [-0.2, -0.15) is 0 Å². The molecule has 0 bridgehead atoms. The summed E-state index contributed by atoms with van der Waals surface area (Å²) in [4.78, 5) is 24.7. The molecule has 0 aliphatic heterocycles. The van der Waals surface area contributed by atoms with Crippen LogP contribution in [0.4, 0.5) is 0 Å². The Kier molecular flexibility index (Phi) is 8.34. The van der Waals surface area contributed by atoms with Crippen LogP contribution in [-0.2, 0) is 4.79 Å². The fraction of sp³-hybridized carbons (Fsp3) is 0.111. The third-order valence-electron chi connectivity index (χ3n) is 2.96. The molecule has 0 amide bonds. The van der Waals surface area contributed by atoms with Crippen molar-refractivity contribution < 1.29 is 9.53 Å². The molecule has 3 aromatic rings. The van der Waals surface area contributed by atoms with Crippen molar-refractivity contribution in [3.05, 3.63) is 67.1 Å². The van der Waals surface area contributed by atoms with Crippen molar-refractivity contribution in [1.82, 2.24) is 15.0 Å². The minimum absolute atomic E-state index is 0.269. The van der Waals surface area contributed by atoms with Crippen LogP contribution in [0, 0.1) is 0 Å². The van der Waals surface area contributed by atoms with Crippen LogP contribution in [0.2, 0.25) is 0 Å². The van der Waals surface area contributed by atoms with E-state index in [1.165, 1.54) is 21.6 Å². The van der Waals surface area contributed by atoms with E-state index < -0.39 is 0 Å². The lowest BCUT2D eigenvalue weighted by atomic mass is 10.4. The van der Waals surface area contributed by atoms with Gasteiger partial charge in [-0.1, -0.05) is 22.9 Å². The van der Waals surface area contributed by atoms with Gasteiger partial charge in [0.05, 0.1) is 12.6 Å². The molecule has 9 heteroatoms. The third kappa shape index (κ3) is 7.45. The molecular formula is C18H15N3O2S4. The Morgan fingerprint density at radius 2 is 1.48 bits per heavy atom. The molecule has 0 spiro atoms. The summed E-state index contributed by atoms with van der Waals surface area (Å²) < 4.78 is 5.32. The number of carbonyl (C=O) groups is 1. The first kappa shape index (κ1) is 20.1. The highest BCUT2D eigenvalue weighted by Crippen LogP contribution is 2.35. The summed E-state index contributed by atoms with van der Waals surface area (Å²) in [5.41, 5.74) is 0. The van der Waals surface area contributed by atoms with Gasteiger partial charge in [-0.3, -0.25) is 4.79 Å². The average Bonchev–Trinajstić information content (AvgIpc) is 2.72. The van der Waals surface area contributed by atoms with Gasteiger partial charge in [-0.25, -0.2) is 15.0 Å². The average molecular weight is 434 g/mol. The second kappa shape index (κ2) is 11.2. The van der Waals surface area contributed by atoms with E-state index >= 15 is 0 Å². The SMILES string of the molecule is O=C(CCSSc1ccccn1)Oc1ccc(SSc2ccccn2)nc1. The molecule has 3 rings (SSSR count). The largest absolute Gasteiger partial charge is 0.425 e. The van der Waals surface area contributed by atoms with Crippen LogP contribution in [0.25, 0.3) is 0 Å². The topological polar surface area (TPSA) is 65.0 Å². The zero-order valence-electron chi connectivity index (χ0n) is 14.1. The molecule has 3 aromatic heterocycles. The number of pyridine rings is 3. The van der Waals surface area contributed by atoms with Crippen molar-refractivity contribution in [2.24, 2.45) is 0 Å². The molecule has 0 aliphatic rings. The minimum Gasteiger partial charge on any atom is -0.425 e. The summed E-state index contributed by atoms with van der Waals surface area (Å²) in [5, 5.41) is 2.67. The Balaban J connectivity index is 1.36. The van der Waals surface area contributed by atoms with Crippen LogP contribution < -0.4 is 4.74 Å². The number of hydrogen-bond donors (Lipinski definition) is 0. The van der Waals surface area contributed by atoms with Crippen molar-refractivity contribution in [2.45, 2.75) is 21.5 Å². The third-order valence-corrected chi connectivity index (χ3v) is 7.41. The van der Waals surface area contributed by atoms with E-state index in [2.05, 4.69) is 15.0 Å². The van der Waals surface area contributed by atoms with E-state index in [4.69, 9.17) is 4.74 Å². The lowest BCUT2D eigenvalue weighted by Crippen LogP contribution is -2.08. The predicted octanol–water partition coefficient (Wildman–Crippen LogP) is 5.41. The zero-order chi connectivity index (χ0) is 18.7. The van der Waals surface area contributed by atoms with Gasteiger partial charge < -0.3 is 4.74 Å². The molecule has 0 saturated carbocycles. The molecule has 5 nitrogen and oxygen atoms in total. The van der Waals surface area contributed by atoms with E-state index in [0.29, 0.717) is 17.9 Å². The minimum atomic E-state index is -0.269. The summed E-state index contributed by atoms with van der Waals surface area (Å²) in [6, 6.07) is 15.1. The Bertz CT molecular complexity index is 836. The van der Waals surface area contributed by atoms with Crippen LogP contribution >= 0.6 is 43.2 Å². The first-order chi connectivity index (χ1) is 13.3. The van der Waals surface area contributed by atoms with Gasteiger partial charge in [0, 0.05) is 18.1 Å². The van der Waals surface area contributed by atoms with Crippen LogP contribution in [0.1, 0.15) is 6.42 Å². The highest BCUT2D eigenvalue weighted by molar-refractivity contribution is 8.77. The standard InChI is InChI=1S/C18H15N3O2S4/c22-18(9-12-24-25-15-5-1-3-10-19-15)23-14-7-8-17(21-13-14)27-26-16-6-2-4-11-20-16/h1-8,10-11,13H,9,12H2. The van der Waals surface area contributed by atoms with Gasteiger partial charge in [-0.05, 0) is 68.8 Å². The zero-order valence-corrected chi connectivity index (χ0v) is 17.3. The Morgan fingerprint density at radius 3 is 2.07 bits per heavy atom. The summed E-state index contributed by atoms with van der Waals surface area (Å²) in [7, 11) is 6.16. The molecule has 27 heavy (non-hydrogen) atoms. The number of nitrogens with zero attached hydrogens (tertiary/aromatic N) is 3. The molecule has 0 N–H and O–H groups in total. The number of rotatable bonds is 9. The fourth-order valence-corrected chi connectivity index (χ4v) is 5.35. The van der Waals surface area contributed by atoms with E-state index in [1.807, 2.05) is 42.5 Å². The lowest BCUT2D eigenvalue weighted by molar-refractivity contribution is -0.133. The predicted molar refractivity (Wildman–Crippen MR) is 113 cm³/mol. The Labute approximate surface area is 173 Å². The second-order valence-electron chi connectivity index (χ2n) is 4.96. The van der Waals surface area contributed by atoms with Crippen LogP contribution in [0.3, 0.4) is 0 Å². The van der Waals surface area contributed by atoms with Crippen molar-refractivity contribution >= 4 is 49.1 Å². The summed E-state index contributed by atoms with van der Waals surface area (Å²) in [5.74, 6) is 0.839. The number of ether oxygens (including phenoxy) is 1. The molecule has 0 radical (unpaired) electrons. The number of aromatic nitrogens is 3. The summed E-state index contributed by atoms with van der Waals surface area (Å²) in [6.07, 6.45) is 5.40. The van der Waals surface area contributed by atoms with Crippen molar-refractivity contribution in [1.29, 1.82) is 0 Å².